The van der Waals surface area contributed by atoms with Gasteiger partial charge in [-0.05, 0) is 80.4 Å². The molecular weight excluding hydrogens is 422 g/mol. The summed E-state index contributed by atoms with van der Waals surface area (Å²) in [7, 11) is 0. The molecule has 4 aromatic rings. The van der Waals surface area contributed by atoms with Gasteiger partial charge in [-0.3, -0.25) is 4.57 Å². The molecule has 0 unspecified atom stereocenters. The molecule has 1 fully saturated rings. The van der Waals surface area contributed by atoms with E-state index in [9.17, 15) is 4.79 Å². The van der Waals surface area contributed by atoms with Gasteiger partial charge in [0.05, 0.1) is 11.0 Å². The van der Waals surface area contributed by atoms with Gasteiger partial charge in [-0.25, -0.2) is 9.78 Å². The van der Waals surface area contributed by atoms with Crippen molar-refractivity contribution in [3.8, 4) is 16.8 Å². The van der Waals surface area contributed by atoms with E-state index in [2.05, 4.69) is 50.4 Å². The van der Waals surface area contributed by atoms with Crippen LogP contribution >= 0.6 is 0 Å². The summed E-state index contributed by atoms with van der Waals surface area (Å²) in [6.07, 6.45) is 3.85. The Morgan fingerprint density at radius 2 is 1.65 bits per heavy atom. The van der Waals surface area contributed by atoms with E-state index in [0.29, 0.717) is 6.54 Å². The van der Waals surface area contributed by atoms with Crippen molar-refractivity contribution in [1.82, 2.24) is 19.8 Å². The Morgan fingerprint density at radius 1 is 0.912 bits per heavy atom. The normalized spacial score (nSPS) is 14.3. The van der Waals surface area contributed by atoms with Gasteiger partial charge in [0.2, 0.25) is 0 Å². The molecule has 0 bridgehead atoms. The van der Waals surface area contributed by atoms with E-state index in [-0.39, 0.29) is 6.03 Å². The minimum absolute atomic E-state index is 0.159. The first-order valence-corrected chi connectivity index (χ1v) is 12.1. The fourth-order valence-corrected chi connectivity index (χ4v) is 4.72. The van der Waals surface area contributed by atoms with Crippen LogP contribution in [0.25, 0.3) is 27.8 Å². The molecule has 6 heteroatoms. The number of hydrogen-bond acceptors (Lipinski definition) is 3. The van der Waals surface area contributed by atoms with Crippen LogP contribution in [0.1, 0.15) is 25.1 Å². The number of amides is 2. The van der Waals surface area contributed by atoms with Crippen molar-refractivity contribution in [2.24, 2.45) is 0 Å². The number of rotatable bonds is 6. The Kier molecular flexibility index (Phi) is 6.58. The number of nitrogens with one attached hydrogen (secondary N) is 2. The molecule has 3 aromatic carbocycles. The fraction of sp³-hybridized carbons (Fsp3) is 0.286. The summed E-state index contributed by atoms with van der Waals surface area (Å²) < 4.78 is 2.18. The molecule has 174 valence electrons. The third-order valence-corrected chi connectivity index (χ3v) is 6.47. The summed E-state index contributed by atoms with van der Waals surface area (Å²) in [6, 6.07) is 24.5. The SMILES string of the molecule is Cc1nc2cc(-c3ccc(NC(=O)NCCN4CCCCC4)cc3)ccc2n1-c1ccccc1. The molecule has 5 rings (SSSR count). The zero-order valence-corrected chi connectivity index (χ0v) is 19.6. The first-order valence-electron chi connectivity index (χ1n) is 12.1. The average Bonchev–Trinajstić information content (AvgIpc) is 3.20. The lowest BCUT2D eigenvalue weighted by atomic mass is 10.0. The highest BCUT2D eigenvalue weighted by atomic mass is 16.2. The molecule has 0 radical (unpaired) electrons. The topological polar surface area (TPSA) is 62.2 Å². The van der Waals surface area contributed by atoms with Crippen LogP contribution in [0.15, 0.2) is 72.8 Å². The first-order chi connectivity index (χ1) is 16.7. The molecule has 6 nitrogen and oxygen atoms in total. The molecule has 1 aliphatic heterocycles. The number of nitrogens with zero attached hydrogens (tertiary/aromatic N) is 3. The lowest BCUT2D eigenvalue weighted by molar-refractivity contribution is 0.224. The summed E-state index contributed by atoms with van der Waals surface area (Å²) >= 11 is 0. The number of urea groups is 1. The largest absolute Gasteiger partial charge is 0.337 e. The van der Waals surface area contributed by atoms with E-state index >= 15 is 0 Å². The zero-order valence-electron chi connectivity index (χ0n) is 19.6. The van der Waals surface area contributed by atoms with E-state index in [1.807, 2.05) is 49.4 Å². The minimum atomic E-state index is -0.159. The summed E-state index contributed by atoms with van der Waals surface area (Å²) in [5.74, 6) is 0.962. The molecule has 1 aliphatic rings. The van der Waals surface area contributed by atoms with Gasteiger partial charge in [0, 0.05) is 24.5 Å². The highest BCUT2D eigenvalue weighted by molar-refractivity contribution is 5.90. The number of carbonyl (C=O) groups excluding carboxylic acids is 1. The Morgan fingerprint density at radius 3 is 2.41 bits per heavy atom. The molecule has 0 aliphatic carbocycles. The molecule has 2 heterocycles. The van der Waals surface area contributed by atoms with E-state index in [4.69, 9.17) is 4.98 Å². The summed E-state index contributed by atoms with van der Waals surface area (Å²) in [6.45, 7) is 5.89. The number of carbonyl (C=O) groups is 1. The van der Waals surface area contributed by atoms with Gasteiger partial charge in [0.1, 0.15) is 5.82 Å². The van der Waals surface area contributed by atoms with Crippen molar-refractivity contribution in [2.45, 2.75) is 26.2 Å². The smallest absolute Gasteiger partial charge is 0.319 e. The van der Waals surface area contributed by atoms with Gasteiger partial charge >= 0.3 is 6.03 Å². The number of aryl methyl sites for hydroxylation is 1. The summed E-state index contributed by atoms with van der Waals surface area (Å²) in [5.41, 5.74) is 6.14. The number of piperidine rings is 1. The number of benzene rings is 3. The van der Waals surface area contributed by atoms with Crippen LogP contribution < -0.4 is 10.6 Å². The van der Waals surface area contributed by atoms with Crippen LogP contribution in [0.4, 0.5) is 10.5 Å². The second-order valence-corrected chi connectivity index (χ2v) is 8.89. The predicted molar refractivity (Wildman–Crippen MR) is 139 cm³/mol. The standard InChI is InChI=1S/C28H31N5O/c1-21-30-26-20-23(12-15-27(26)33(21)25-8-4-2-5-9-25)22-10-13-24(14-11-22)31-28(34)29-16-19-32-17-6-3-7-18-32/h2,4-5,8-15,20H,3,6-7,16-19H2,1H3,(H2,29,31,34). The molecule has 2 N–H and O–H groups in total. The Hall–Kier alpha value is -3.64. The minimum Gasteiger partial charge on any atom is -0.337 e. The third-order valence-electron chi connectivity index (χ3n) is 6.47. The van der Waals surface area contributed by atoms with Gasteiger partial charge in [0.25, 0.3) is 0 Å². The van der Waals surface area contributed by atoms with Crippen LogP contribution in [0.5, 0.6) is 0 Å². The maximum Gasteiger partial charge on any atom is 0.319 e. The molecule has 1 aromatic heterocycles. The molecule has 2 amide bonds. The van der Waals surface area contributed by atoms with Crippen LogP contribution in [0.2, 0.25) is 0 Å². The number of hydrogen-bond donors (Lipinski definition) is 2. The Labute approximate surface area is 200 Å². The number of anilines is 1. The quantitative estimate of drug-likeness (QED) is 0.399. The first kappa shape index (κ1) is 22.2. The van der Waals surface area contributed by atoms with Crippen LogP contribution in [0.3, 0.4) is 0 Å². The molecule has 0 saturated carbocycles. The monoisotopic (exact) mass is 453 g/mol. The molecule has 34 heavy (non-hydrogen) atoms. The van der Waals surface area contributed by atoms with Crippen molar-refractivity contribution >= 4 is 22.8 Å². The van der Waals surface area contributed by atoms with Gasteiger partial charge in [-0.15, -0.1) is 0 Å². The van der Waals surface area contributed by atoms with E-state index in [1.165, 1.54) is 19.3 Å². The van der Waals surface area contributed by atoms with Crippen LogP contribution in [-0.4, -0.2) is 46.7 Å². The van der Waals surface area contributed by atoms with Gasteiger partial charge in [0.15, 0.2) is 0 Å². The average molecular weight is 454 g/mol. The maximum absolute atomic E-state index is 12.3. The van der Waals surface area contributed by atoms with Gasteiger partial charge in [-0.2, -0.15) is 0 Å². The number of fused-ring (bicyclic) bond motifs is 1. The number of imidazole rings is 1. The molecule has 0 spiro atoms. The molecule has 1 saturated heterocycles. The lowest BCUT2D eigenvalue weighted by Gasteiger charge is -2.26. The number of para-hydroxylation sites is 1. The van der Waals surface area contributed by atoms with Crippen molar-refractivity contribution in [1.29, 1.82) is 0 Å². The second-order valence-electron chi connectivity index (χ2n) is 8.89. The van der Waals surface area contributed by atoms with Crippen LogP contribution in [0, 0.1) is 6.92 Å². The van der Waals surface area contributed by atoms with Gasteiger partial charge < -0.3 is 15.5 Å². The third kappa shape index (κ3) is 4.97. The Balaban J connectivity index is 1.23. The Bertz CT molecular complexity index is 1260. The van der Waals surface area contributed by atoms with E-state index in [1.54, 1.807) is 0 Å². The second kappa shape index (κ2) is 10.1. The van der Waals surface area contributed by atoms with Crippen molar-refractivity contribution < 1.29 is 4.79 Å². The van der Waals surface area contributed by atoms with E-state index in [0.717, 1.165) is 59.0 Å². The molecule has 0 atom stereocenters. The van der Waals surface area contributed by atoms with Crippen molar-refractivity contribution in [3.05, 3.63) is 78.6 Å². The highest BCUT2D eigenvalue weighted by Crippen LogP contribution is 2.28. The summed E-state index contributed by atoms with van der Waals surface area (Å²) in [4.78, 5) is 19.5. The highest BCUT2D eigenvalue weighted by Gasteiger charge is 2.12. The molecular formula is C28H31N5O. The van der Waals surface area contributed by atoms with Crippen molar-refractivity contribution in [3.63, 3.8) is 0 Å². The fourth-order valence-electron chi connectivity index (χ4n) is 4.72. The summed E-state index contributed by atoms with van der Waals surface area (Å²) in [5, 5.41) is 5.90. The van der Waals surface area contributed by atoms with Crippen LogP contribution in [-0.2, 0) is 0 Å². The zero-order chi connectivity index (χ0) is 23.3. The predicted octanol–water partition coefficient (Wildman–Crippen LogP) is 5.61. The maximum atomic E-state index is 12.3. The number of aromatic nitrogens is 2. The van der Waals surface area contributed by atoms with E-state index < -0.39 is 0 Å². The van der Waals surface area contributed by atoms with Gasteiger partial charge in [-0.1, -0.05) is 42.8 Å². The lowest BCUT2D eigenvalue weighted by Crippen LogP contribution is -2.39. The van der Waals surface area contributed by atoms with Crippen molar-refractivity contribution in [2.75, 3.05) is 31.5 Å². The number of likely N-dealkylation sites (tertiary alicyclic amines) is 1.